The highest BCUT2D eigenvalue weighted by atomic mass is 32.1. The van der Waals surface area contributed by atoms with Crippen molar-refractivity contribution >= 4 is 46.0 Å². The Balaban J connectivity index is 1.28. The van der Waals surface area contributed by atoms with E-state index >= 15 is 0 Å². The summed E-state index contributed by atoms with van der Waals surface area (Å²) in [5.41, 5.74) is 10.2. The van der Waals surface area contributed by atoms with Gasteiger partial charge in [0.05, 0.1) is 34.4 Å². The summed E-state index contributed by atoms with van der Waals surface area (Å²) >= 11 is 1.14. The lowest BCUT2D eigenvalue weighted by Crippen LogP contribution is -2.50. The van der Waals surface area contributed by atoms with Gasteiger partial charge in [-0.25, -0.2) is 9.37 Å². The van der Waals surface area contributed by atoms with Gasteiger partial charge in [-0.1, -0.05) is 36.4 Å². The molecule has 1 fully saturated rings. The van der Waals surface area contributed by atoms with Crippen LogP contribution in [0.4, 0.5) is 16.0 Å². The van der Waals surface area contributed by atoms with Crippen LogP contribution in [-0.2, 0) is 4.79 Å². The number of hydrazine groups is 2. The second-order valence-electron chi connectivity index (χ2n) is 8.21. The van der Waals surface area contributed by atoms with Crippen molar-refractivity contribution in [3.05, 3.63) is 66.4 Å². The maximum Gasteiger partial charge on any atom is 0.295 e. The SMILES string of the molecule is C/C=C\NNNc1ncc(F)c2c(C(=O)C(=O)N3CCN(c4nsnc4-c4ccccc4)CC3)c[nH]c12. The highest BCUT2D eigenvalue weighted by Gasteiger charge is 2.31. The normalized spacial score (nSPS) is 13.9. The number of rotatable bonds is 8. The average Bonchev–Trinajstić information content (AvgIpc) is 3.61. The van der Waals surface area contributed by atoms with E-state index in [0.29, 0.717) is 26.2 Å². The predicted molar refractivity (Wildman–Crippen MR) is 139 cm³/mol. The number of amides is 1. The van der Waals surface area contributed by atoms with E-state index in [9.17, 15) is 14.0 Å². The van der Waals surface area contributed by atoms with E-state index in [2.05, 4.69) is 40.0 Å². The molecule has 13 heteroatoms. The minimum atomic E-state index is -0.781. The first-order valence-corrected chi connectivity index (χ1v) is 12.3. The first-order chi connectivity index (χ1) is 18.1. The van der Waals surface area contributed by atoms with Crippen molar-refractivity contribution in [2.75, 3.05) is 36.5 Å². The maximum absolute atomic E-state index is 14.7. The molecule has 1 aromatic carbocycles. The number of H-pyrrole nitrogens is 1. The number of anilines is 2. The van der Waals surface area contributed by atoms with Gasteiger partial charge in [-0.15, -0.1) is 5.53 Å². The van der Waals surface area contributed by atoms with Crippen molar-refractivity contribution in [2.45, 2.75) is 6.92 Å². The topological polar surface area (TPSA) is 131 Å². The fourth-order valence-electron chi connectivity index (χ4n) is 4.15. The minimum Gasteiger partial charge on any atom is -0.357 e. The molecule has 4 N–H and O–H groups in total. The van der Waals surface area contributed by atoms with Crippen LogP contribution >= 0.6 is 11.7 Å². The molecule has 5 rings (SSSR count). The van der Waals surface area contributed by atoms with Gasteiger partial charge in [0.15, 0.2) is 17.5 Å². The van der Waals surface area contributed by atoms with Gasteiger partial charge in [0.25, 0.3) is 11.7 Å². The zero-order chi connectivity index (χ0) is 25.8. The largest absolute Gasteiger partial charge is 0.357 e. The highest BCUT2D eigenvalue weighted by Crippen LogP contribution is 2.30. The molecule has 1 aliphatic rings. The number of pyridine rings is 1. The fraction of sp³-hybridized carbons (Fsp3) is 0.208. The number of hydrogen-bond donors (Lipinski definition) is 4. The van der Waals surface area contributed by atoms with Crippen molar-refractivity contribution in [2.24, 2.45) is 0 Å². The van der Waals surface area contributed by atoms with Crippen LogP contribution in [0.2, 0.25) is 0 Å². The summed E-state index contributed by atoms with van der Waals surface area (Å²) in [4.78, 5) is 36.7. The minimum absolute atomic E-state index is 0.00312. The van der Waals surface area contributed by atoms with Crippen molar-refractivity contribution in [1.29, 1.82) is 0 Å². The Morgan fingerprint density at radius 1 is 1.14 bits per heavy atom. The molecule has 4 aromatic rings. The van der Waals surface area contributed by atoms with Gasteiger partial charge in [0.1, 0.15) is 5.69 Å². The van der Waals surface area contributed by atoms with Gasteiger partial charge in [-0.3, -0.25) is 15.0 Å². The van der Waals surface area contributed by atoms with Crippen LogP contribution in [0.1, 0.15) is 17.3 Å². The zero-order valence-electron chi connectivity index (χ0n) is 19.9. The summed E-state index contributed by atoms with van der Waals surface area (Å²) in [7, 11) is 0. The molecular weight excluding hydrogens is 497 g/mol. The Kier molecular flexibility index (Phi) is 7.05. The lowest BCUT2D eigenvalue weighted by Gasteiger charge is -2.34. The van der Waals surface area contributed by atoms with Gasteiger partial charge >= 0.3 is 0 Å². The van der Waals surface area contributed by atoms with Gasteiger partial charge in [0, 0.05) is 44.1 Å². The lowest BCUT2D eigenvalue weighted by atomic mass is 10.1. The molecule has 0 bridgehead atoms. The number of hydrogen-bond acceptors (Lipinski definition) is 10. The van der Waals surface area contributed by atoms with Crippen LogP contribution in [0, 0.1) is 5.82 Å². The lowest BCUT2D eigenvalue weighted by molar-refractivity contribution is -0.126. The summed E-state index contributed by atoms with van der Waals surface area (Å²) in [5.74, 6) is -1.14. The number of benzene rings is 1. The van der Waals surface area contributed by atoms with E-state index in [4.69, 9.17) is 0 Å². The van der Waals surface area contributed by atoms with E-state index in [-0.39, 0.29) is 22.3 Å². The van der Waals surface area contributed by atoms with Gasteiger partial charge < -0.3 is 20.2 Å². The molecule has 0 spiro atoms. The average molecular weight is 522 g/mol. The monoisotopic (exact) mass is 521 g/mol. The van der Waals surface area contributed by atoms with Crippen LogP contribution in [0.3, 0.4) is 0 Å². The number of aromatic amines is 1. The van der Waals surface area contributed by atoms with Crippen molar-refractivity contribution < 1.29 is 14.0 Å². The van der Waals surface area contributed by atoms with Crippen molar-refractivity contribution in [3.8, 4) is 11.3 Å². The molecular formula is C24H24FN9O2S. The first kappa shape index (κ1) is 24.3. The molecule has 1 aliphatic heterocycles. The number of ketones is 1. The number of halogens is 1. The molecule has 1 saturated heterocycles. The third kappa shape index (κ3) is 4.86. The number of Topliss-reactive ketones (excluding diaryl/α,β-unsaturated/α-hetero) is 1. The molecule has 0 radical (unpaired) electrons. The molecule has 0 unspecified atom stereocenters. The third-order valence-electron chi connectivity index (χ3n) is 5.99. The Morgan fingerprint density at radius 3 is 2.68 bits per heavy atom. The predicted octanol–water partition coefficient (Wildman–Crippen LogP) is 2.71. The molecule has 1 amide bonds. The summed E-state index contributed by atoms with van der Waals surface area (Å²) in [6.45, 7) is 3.48. The number of carbonyl (C=O) groups is 2. The van der Waals surface area contributed by atoms with E-state index in [1.165, 1.54) is 11.1 Å². The smallest absolute Gasteiger partial charge is 0.295 e. The number of piperazine rings is 1. The summed E-state index contributed by atoms with van der Waals surface area (Å²) in [6, 6.07) is 9.78. The summed E-state index contributed by atoms with van der Waals surface area (Å²) in [5, 5.41) is 0.00312. The highest BCUT2D eigenvalue weighted by molar-refractivity contribution is 6.99. The van der Waals surface area contributed by atoms with Gasteiger partial charge in [-0.2, -0.15) is 8.75 Å². The Morgan fingerprint density at radius 2 is 1.92 bits per heavy atom. The molecule has 0 atom stereocenters. The van der Waals surface area contributed by atoms with Crippen LogP contribution < -0.4 is 21.3 Å². The third-order valence-corrected chi connectivity index (χ3v) is 6.51. The quantitative estimate of drug-likeness (QED) is 0.120. The standard InChI is InChI=1S/C24H24FN9O2S/c1-2-8-28-32-29-22-20-18(17(25)14-27-22)16(13-26-20)21(35)24(36)34-11-9-33(10-12-34)23-19(30-37-31-23)15-6-4-3-5-7-15/h2-8,13-14,26,28,32H,9-12H2,1H3,(H,27,29)/b8-2-. The Hall–Kier alpha value is -4.36. The van der Waals surface area contributed by atoms with E-state index in [1.54, 1.807) is 12.3 Å². The van der Waals surface area contributed by atoms with Gasteiger partial charge in [-0.05, 0) is 6.92 Å². The van der Waals surface area contributed by atoms with E-state index in [0.717, 1.165) is 35.0 Å². The van der Waals surface area contributed by atoms with E-state index in [1.807, 2.05) is 37.3 Å². The summed E-state index contributed by atoms with van der Waals surface area (Å²) in [6.07, 6.45) is 5.75. The molecule has 190 valence electrons. The number of aromatic nitrogens is 4. The molecule has 11 nitrogen and oxygen atoms in total. The fourth-order valence-corrected chi connectivity index (χ4v) is 4.74. The Labute approximate surface area is 215 Å². The van der Waals surface area contributed by atoms with Crippen LogP contribution in [-0.4, -0.2) is 61.5 Å². The summed E-state index contributed by atoms with van der Waals surface area (Å²) < 4.78 is 23.6. The molecule has 37 heavy (non-hydrogen) atoms. The van der Waals surface area contributed by atoms with Crippen molar-refractivity contribution in [3.63, 3.8) is 0 Å². The van der Waals surface area contributed by atoms with Crippen LogP contribution in [0.25, 0.3) is 22.2 Å². The zero-order valence-corrected chi connectivity index (χ0v) is 20.7. The van der Waals surface area contributed by atoms with E-state index < -0.39 is 17.5 Å². The number of fused-ring (bicyclic) bond motifs is 1. The van der Waals surface area contributed by atoms with Crippen LogP contribution in [0.5, 0.6) is 0 Å². The number of carbonyl (C=O) groups excluding carboxylic acids is 2. The first-order valence-electron chi connectivity index (χ1n) is 11.6. The van der Waals surface area contributed by atoms with Crippen LogP contribution in [0.15, 0.2) is 55.0 Å². The second kappa shape index (κ2) is 10.7. The molecule has 0 saturated carbocycles. The molecule has 3 aromatic heterocycles. The van der Waals surface area contributed by atoms with Crippen molar-refractivity contribution in [1.82, 2.24) is 34.6 Å². The molecule has 0 aliphatic carbocycles. The Bertz CT molecular complexity index is 1450. The second-order valence-corrected chi connectivity index (χ2v) is 8.74. The molecule has 4 heterocycles. The maximum atomic E-state index is 14.7. The number of allylic oxidation sites excluding steroid dienone is 1. The number of nitrogens with one attached hydrogen (secondary N) is 4. The number of nitrogens with zero attached hydrogens (tertiary/aromatic N) is 5. The van der Waals surface area contributed by atoms with Gasteiger partial charge in [0.2, 0.25) is 0 Å².